The number of rotatable bonds is 6. The summed E-state index contributed by atoms with van der Waals surface area (Å²) in [4.78, 5) is 26.9. The Morgan fingerprint density at radius 1 is 1.29 bits per heavy atom. The lowest BCUT2D eigenvalue weighted by Crippen LogP contribution is -2.36. The molecule has 0 radical (unpaired) electrons. The molecular weight excluding hydrogens is 322 g/mol. The van der Waals surface area contributed by atoms with E-state index in [4.69, 9.17) is 0 Å². The number of amides is 1. The molecule has 0 saturated carbocycles. The van der Waals surface area contributed by atoms with Crippen LogP contribution in [0.25, 0.3) is 10.9 Å². The lowest BCUT2D eigenvalue weighted by molar-refractivity contribution is -0.119. The Balaban J connectivity index is 1.57. The number of benzene rings is 1. The zero-order valence-electron chi connectivity index (χ0n) is 13.7. The summed E-state index contributed by atoms with van der Waals surface area (Å²) >= 11 is 1.62. The Bertz CT molecular complexity index is 842. The largest absolute Gasteiger partial charge is 0.354 e. The molecule has 1 aromatic carbocycles. The minimum atomic E-state index is -0.0338. The third-order valence-electron chi connectivity index (χ3n) is 3.59. The highest BCUT2D eigenvalue weighted by molar-refractivity contribution is 7.09. The van der Waals surface area contributed by atoms with Crippen molar-refractivity contribution in [1.29, 1.82) is 0 Å². The molecule has 3 rings (SSSR count). The predicted molar refractivity (Wildman–Crippen MR) is 96.4 cm³/mol. The van der Waals surface area contributed by atoms with Crippen LogP contribution in [0.1, 0.15) is 10.7 Å². The SMILES string of the molecule is Cc1csc(CCNC(=O)CN(C)c2ncnc3ccccc23)n1. The highest BCUT2D eigenvalue weighted by atomic mass is 32.1. The fourth-order valence-electron chi connectivity index (χ4n) is 2.47. The van der Waals surface area contributed by atoms with Gasteiger partial charge in [-0.05, 0) is 19.1 Å². The van der Waals surface area contributed by atoms with Crippen molar-refractivity contribution in [2.45, 2.75) is 13.3 Å². The van der Waals surface area contributed by atoms with Gasteiger partial charge in [0.05, 0.1) is 17.1 Å². The van der Waals surface area contributed by atoms with E-state index in [-0.39, 0.29) is 12.5 Å². The number of thiazole rings is 1. The molecular formula is C17H19N5OS. The minimum absolute atomic E-state index is 0.0338. The van der Waals surface area contributed by atoms with Gasteiger partial charge in [0.15, 0.2) is 0 Å². The van der Waals surface area contributed by atoms with Gasteiger partial charge in [0.1, 0.15) is 12.1 Å². The summed E-state index contributed by atoms with van der Waals surface area (Å²) in [6.07, 6.45) is 2.28. The van der Waals surface area contributed by atoms with Crippen LogP contribution in [-0.2, 0) is 11.2 Å². The minimum Gasteiger partial charge on any atom is -0.354 e. The van der Waals surface area contributed by atoms with Crippen LogP contribution < -0.4 is 10.2 Å². The Morgan fingerprint density at radius 2 is 2.12 bits per heavy atom. The summed E-state index contributed by atoms with van der Waals surface area (Å²) in [7, 11) is 1.86. The molecule has 0 fully saturated rings. The Labute approximate surface area is 144 Å². The summed E-state index contributed by atoms with van der Waals surface area (Å²) in [5, 5.41) is 6.93. The number of likely N-dealkylation sites (N-methyl/N-ethyl adjacent to an activating group) is 1. The number of carbonyl (C=O) groups excluding carboxylic acids is 1. The lowest BCUT2D eigenvalue weighted by Gasteiger charge is -2.19. The van der Waals surface area contributed by atoms with Crippen molar-refractivity contribution in [3.63, 3.8) is 0 Å². The molecule has 3 aromatic rings. The van der Waals surface area contributed by atoms with Crippen molar-refractivity contribution in [1.82, 2.24) is 20.3 Å². The van der Waals surface area contributed by atoms with E-state index in [0.29, 0.717) is 6.54 Å². The van der Waals surface area contributed by atoms with Gasteiger partial charge in [-0.1, -0.05) is 12.1 Å². The lowest BCUT2D eigenvalue weighted by atomic mass is 10.2. The number of hydrogen-bond acceptors (Lipinski definition) is 6. The molecule has 0 aliphatic carbocycles. The van der Waals surface area contributed by atoms with Crippen LogP contribution in [0.3, 0.4) is 0 Å². The average Bonchev–Trinajstić information content (AvgIpc) is 2.99. The fraction of sp³-hybridized carbons (Fsp3) is 0.294. The highest BCUT2D eigenvalue weighted by Crippen LogP contribution is 2.21. The van der Waals surface area contributed by atoms with E-state index in [1.54, 1.807) is 11.3 Å². The molecule has 0 atom stereocenters. The van der Waals surface area contributed by atoms with Crippen LogP contribution in [-0.4, -0.2) is 41.0 Å². The van der Waals surface area contributed by atoms with E-state index in [1.807, 2.05) is 48.5 Å². The number of aromatic nitrogens is 3. The highest BCUT2D eigenvalue weighted by Gasteiger charge is 2.12. The monoisotopic (exact) mass is 341 g/mol. The van der Waals surface area contributed by atoms with Crippen molar-refractivity contribution < 1.29 is 4.79 Å². The number of hydrogen-bond donors (Lipinski definition) is 1. The normalized spacial score (nSPS) is 10.8. The zero-order valence-corrected chi connectivity index (χ0v) is 14.5. The van der Waals surface area contributed by atoms with Crippen molar-refractivity contribution >= 4 is 34.0 Å². The molecule has 6 nitrogen and oxygen atoms in total. The number of nitrogens with zero attached hydrogens (tertiary/aromatic N) is 4. The first-order valence-electron chi connectivity index (χ1n) is 7.72. The molecule has 0 spiro atoms. The van der Waals surface area contributed by atoms with Crippen LogP contribution in [0.2, 0.25) is 0 Å². The molecule has 0 aliphatic heterocycles. The Hall–Kier alpha value is -2.54. The standard InChI is InChI=1S/C17H19N5OS/c1-12-10-24-16(21-12)7-8-18-15(23)9-22(2)17-13-5-3-4-6-14(13)19-11-20-17/h3-6,10-11H,7-9H2,1-2H3,(H,18,23). The van der Waals surface area contributed by atoms with E-state index >= 15 is 0 Å². The van der Waals surface area contributed by atoms with Gasteiger partial charge in [-0.25, -0.2) is 15.0 Å². The maximum Gasteiger partial charge on any atom is 0.239 e. The molecule has 7 heteroatoms. The van der Waals surface area contributed by atoms with E-state index < -0.39 is 0 Å². The summed E-state index contributed by atoms with van der Waals surface area (Å²) in [5.74, 6) is 0.722. The number of nitrogens with one attached hydrogen (secondary N) is 1. The smallest absolute Gasteiger partial charge is 0.239 e. The Morgan fingerprint density at radius 3 is 2.92 bits per heavy atom. The summed E-state index contributed by atoms with van der Waals surface area (Å²) in [5.41, 5.74) is 1.89. The van der Waals surface area contributed by atoms with E-state index in [2.05, 4.69) is 20.3 Å². The van der Waals surface area contributed by atoms with E-state index in [9.17, 15) is 4.79 Å². The topological polar surface area (TPSA) is 71.0 Å². The van der Waals surface area contributed by atoms with E-state index in [0.717, 1.165) is 33.8 Å². The van der Waals surface area contributed by atoms with Gasteiger partial charge in [-0.3, -0.25) is 4.79 Å². The first-order chi connectivity index (χ1) is 11.6. The number of para-hydroxylation sites is 1. The van der Waals surface area contributed by atoms with Crippen molar-refractivity contribution in [2.75, 3.05) is 25.0 Å². The van der Waals surface area contributed by atoms with E-state index in [1.165, 1.54) is 6.33 Å². The molecule has 2 heterocycles. The van der Waals surface area contributed by atoms with Gasteiger partial charge < -0.3 is 10.2 Å². The van der Waals surface area contributed by atoms with Crippen molar-refractivity contribution in [3.05, 3.63) is 46.7 Å². The molecule has 24 heavy (non-hydrogen) atoms. The first kappa shape index (κ1) is 16.3. The molecule has 124 valence electrons. The van der Waals surface area contributed by atoms with Crippen LogP contribution in [0, 0.1) is 6.92 Å². The van der Waals surface area contributed by atoms with Crippen LogP contribution >= 0.6 is 11.3 Å². The molecule has 1 N–H and O–H groups in total. The second-order valence-corrected chi connectivity index (χ2v) is 6.50. The average molecular weight is 341 g/mol. The van der Waals surface area contributed by atoms with Gasteiger partial charge in [0.2, 0.25) is 5.91 Å². The fourth-order valence-corrected chi connectivity index (χ4v) is 3.24. The molecule has 2 aromatic heterocycles. The maximum absolute atomic E-state index is 12.1. The van der Waals surface area contributed by atoms with Crippen LogP contribution in [0.5, 0.6) is 0 Å². The quantitative estimate of drug-likeness (QED) is 0.744. The van der Waals surface area contributed by atoms with Gasteiger partial charge in [-0.15, -0.1) is 11.3 Å². The van der Waals surface area contributed by atoms with Crippen LogP contribution in [0.4, 0.5) is 5.82 Å². The number of fused-ring (bicyclic) bond motifs is 1. The van der Waals surface area contributed by atoms with Crippen molar-refractivity contribution in [2.24, 2.45) is 0 Å². The van der Waals surface area contributed by atoms with Gasteiger partial charge in [0.25, 0.3) is 0 Å². The summed E-state index contributed by atoms with van der Waals surface area (Å²) in [6, 6.07) is 7.78. The third-order valence-corrected chi connectivity index (χ3v) is 4.62. The number of carbonyl (C=O) groups is 1. The number of anilines is 1. The molecule has 0 aliphatic rings. The predicted octanol–water partition coefficient (Wildman–Crippen LogP) is 2.19. The molecule has 0 saturated heterocycles. The Kier molecular flexibility index (Phi) is 5.00. The first-order valence-corrected chi connectivity index (χ1v) is 8.60. The van der Waals surface area contributed by atoms with Gasteiger partial charge >= 0.3 is 0 Å². The third kappa shape index (κ3) is 3.86. The summed E-state index contributed by atoms with van der Waals surface area (Å²) in [6.45, 7) is 2.81. The zero-order chi connectivity index (χ0) is 16.9. The molecule has 0 bridgehead atoms. The van der Waals surface area contributed by atoms with Gasteiger partial charge in [-0.2, -0.15) is 0 Å². The van der Waals surface area contributed by atoms with Crippen LogP contribution in [0.15, 0.2) is 36.0 Å². The molecule has 0 unspecified atom stereocenters. The second kappa shape index (κ2) is 7.35. The number of aryl methyl sites for hydroxylation is 1. The second-order valence-electron chi connectivity index (χ2n) is 5.55. The molecule has 1 amide bonds. The maximum atomic E-state index is 12.1. The van der Waals surface area contributed by atoms with Gasteiger partial charge in [0, 0.05) is 36.5 Å². The van der Waals surface area contributed by atoms with Crippen molar-refractivity contribution in [3.8, 4) is 0 Å². The summed E-state index contributed by atoms with van der Waals surface area (Å²) < 4.78 is 0.